The van der Waals surface area contributed by atoms with Gasteiger partial charge >= 0.3 is 5.69 Å². The molecule has 0 saturated carbocycles. The van der Waals surface area contributed by atoms with Crippen LogP contribution in [0.3, 0.4) is 0 Å². The van der Waals surface area contributed by atoms with Crippen molar-refractivity contribution in [1.29, 1.82) is 0 Å². The van der Waals surface area contributed by atoms with E-state index in [4.69, 9.17) is 6.42 Å². The molecule has 3 heterocycles. The molecule has 0 radical (unpaired) electrons. The van der Waals surface area contributed by atoms with Gasteiger partial charge in [0.05, 0.1) is 6.54 Å². The first-order chi connectivity index (χ1) is 11.6. The highest BCUT2D eigenvalue weighted by Crippen LogP contribution is 2.10. The zero-order valence-electron chi connectivity index (χ0n) is 13.2. The molecule has 0 aromatic carbocycles. The maximum absolute atomic E-state index is 12.6. The molecule has 3 rings (SSSR count). The molecule has 3 aromatic heterocycles. The molecule has 0 bridgehead atoms. The summed E-state index contributed by atoms with van der Waals surface area (Å²) in [6, 6.07) is 1.90. The van der Waals surface area contributed by atoms with Crippen LogP contribution < -0.4 is 11.2 Å². The number of nitrogens with zero attached hydrogens (tertiary/aromatic N) is 4. The first-order valence-electron chi connectivity index (χ1n) is 7.26. The van der Waals surface area contributed by atoms with Gasteiger partial charge in [-0.1, -0.05) is 11.8 Å². The van der Waals surface area contributed by atoms with Gasteiger partial charge in [-0.15, -0.1) is 6.42 Å². The van der Waals surface area contributed by atoms with Crippen LogP contribution in [0.5, 0.6) is 0 Å². The van der Waals surface area contributed by atoms with Crippen LogP contribution in [0, 0.1) is 24.2 Å². The molecule has 3 aromatic rings. The lowest BCUT2D eigenvalue weighted by molar-refractivity contribution is 0.630. The Kier molecular flexibility index (Phi) is 4.11. The van der Waals surface area contributed by atoms with Crippen LogP contribution in [0.2, 0.25) is 0 Å². The van der Waals surface area contributed by atoms with E-state index in [1.807, 2.05) is 23.8 Å². The van der Waals surface area contributed by atoms with Crippen molar-refractivity contribution < 1.29 is 0 Å². The number of thiophene rings is 1. The van der Waals surface area contributed by atoms with Gasteiger partial charge in [-0.3, -0.25) is 9.36 Å². The lowest BCUT2D eigenvalue weighted by atomic mass is 10.3. The van der Waals surface area contributed by atoms with E-state index >= 15 is 0 Å². The highest BCUT2D eigenvalue weighted by Gasteiger charge is 2.18. The van der Waals surface area contributed by atoms with E-state index in [1.54, 1.807) is 23.0 Å². The van der Waals surface area contributed by atoms with Crippen LogP contribution in [0.15, 0.2) is 26.4 Å². The van der Waals surface area contributed by atoms with Crippen molar-refractivity contribution in [3.8, 4) is 24.2 Å². The number of aromatic nitrogens is 4. The molecule has 24 heavy (non-hydrogen) atoms. The van der Waals surface area contributed by atoms with Gasteiger partial charge in [0.2, 0.25) is 0 Å². The molecule has 0 aliphatic rings. The van der Waals surface area contributed by atoms with E-state index in [-0.39, 0.29) is 6.54 Å². The summed E-state index contributed by atoms with van der Waals surface area (Å²) < 4.78 is 4.09. The summed E-state index contributed by atoms with van der Waals surface area (Å²) in [4.78, 5) is 29.5. The highest BCUT2D eigenvalue weighted by atomic mass is 32.1. The molecule has 0 unspecified atom stereocenters. The maximum atomic E-state index is 12.6. The first-order valence-corrected chi connectivity index (χ1v) is 8.20. The van der Waals surface area contributed by atoms with Gasteiger partial charge in [-0.2, -0.15) is 11.3 Å². The number of rotatable bonds is 2. The standard InChI is InChI=1S/C17H14N4O2S/c1-4-9-21-16(22)14-15(20(5-2)17(21)23)18-13(19(14)3)7-6-12-8-10-24-11-12/h1,8,10-11H,5,9H2,2-3H3. The van der Waals surface area contributed by atoms with E-state index in [1.165, 1.54) is 4.57 Å². The number of aryl methyl sites for hydroxylation is 2. The van der Waals surface area contributed by atoms with Gasteiger partial charge in [-0.25, -0.2) is 14.3 Å². The Balaban J connectivity index is 2.32. The number of hydrogen-bond acceptors (Lipinski definition) is 4. The summed E-state index contributed by atoms with van der Waals surface area (Å²) in [6.07, 6.45) is 5.28. The zero-order valence-corrected chi connectivity index (χ0v) is 14.1. The van der Waals surface area contributed by atoms with Crippen LogP contribution in [-0.2, 0) is 20.1 Å². The minimum atomic E-state index is -0.455. The van der Waals surface area contributed by atoms with Crippen molar-refractivity contribution in [1.82, 2.24) is 18.7 Å². The Labute approximate surface area is 142 Å². The number of hydrogen-bond donors (Lipinski definition) is 0. The van der Waals surface area contributed by atoms with Crippen LogP contribution in [0.1, 0.15) is 18.3 Å². The SMILES string of the molecule is C#CCn1c(=O)c2c(nc(C#Cc3ccsc3)n2C)n(CC)c1=O. The van der Waals surface area contributed by atoms with Crippen LogP contribution in [0.4, 0.5) is 0 Å². The van der Waals surface area contributed by atoms with Crippen molar-refractivity contribution in [3.05, 3.63) is 49.1 Å². The monoisotopic (exact) mass is 338 g/mol. The van der Waals surface area contributed by atoms with Gasteiger partial charge in [0.15, 0.2) is 17.0 Å². The smallest absolute Gasteiger partial charge is 0.314 e. The highest BCUT2D eigenvalue weighted by molar-refractivity contribution is 7.08. The maximum Gasteiger partial charge on any atom is 0.333 e. The Morgan fingerprint density at radius 2 is 2.08 bits per heavy atom. The third-order valence-corrected chi connectivity index (χ3v) is 4.33. The molecular weight excluding hydrogens is 324 g/mol. The largest absolute Gasteiger partial charge is 0.333 e. The van der Waals surface area contributed by atoms with Crippen molar-refractivity contribution in [3.63, 3.8) is 0 Å². The van der Waals surface area contributed by atoms with E-state index in [0.29, 0.717) is 23.5 Å². The quantitative estimate of drug-likeness (QED) is 0.655. The fourth-order valence-corrected chi connectivity index (χ4v) is 3.04. The fourth-order valence-electron chi connectivity index (χ4n) is 2.45. The van der Waals surface area contributed by atoms with Gasteiger partial charge < -0.3 is 4.57 Å². The first kappa shape index (κ1) is 15.9. The lowest BCUT2D eigenvalue weighted by Gasteiger charge is -2.07. The molecule has 7 heteroatoms. The normalized spacial score (nSPS) is 10.4. The van der Waals surface area contributed by atoms with E-state index in [2.05, 4.69) is 22.7 Å². The Morgan fingerprint density at radius 3 is 2.71 bits per heavy atom. The predicted octanol–water partition coefficient (Wildman–Crippen LogP) is 1.01. The average Bonchev–Trinajstić information content (AvgIpc) is 3.18. The van der Waals surface area contributed by atoms with E-state index in [0.717, 1.165) is 10.1 Å². The molecule has 0 spiro atoms. The third-order valence-electron chi connectivity index (χ3n) is 3.65. The summed E-state index contributed by atoms with van der Waals surface area (Å²) in [5.41, 5.74) is 0.628. The summed E-state index contributed by atoms with van der Waals surface area (Å²) in [5, 5.41) is 3.86. The minimum Gasteiger partial charge on any atom is -0.314 e. The van der Waals surface area contributed by atoms with E-state index in [9.17, 15) is 9.59 Å². The second-order valence-electron chi connectivity index (χ2n) is 5.05. The number of fused-ring (bicyclic) bond motifs is 1. The zero-order chi connectivity index (χ0) is 17.3. The second-order valence-corrected chi connectivity index (χ2v) is 5.83. The van der Waals surface area contributed by atoms with Crippen molar-refractivity contribution in [2.45, 2.75) is 20.0 Å². The Hall–Kier alpha value is -3.03. The summed E-state index contributed by atoms with van der Waals surface area (Å²) in [5.74, 6) is 8.73. The van der Waals surface area contributed by atoms with Crippen molar-refractivity contribution >= 4 is 22.5 Å². The molecular formula is C17H14N4O2S. The van der Waals surface area contributed by atoms with Crippen LogP contribution in [-0.4, -0.2) is 18.7 Å². The number of imidazole rings is 1. The second kappa shape index (κ2) is 6.23. The molecule has 0 saturated heterocycles. The molecule has 0 amide bonds. The van der Waals surface area contributed by atoms with E-state index < -0.39 is 11.2 Å². The summed E-state index contributed by atoms with van der Waals surface area (Å²) >= 11 is 1.55. The molecule has 0 atom stereocenters. The van der Waals surface area contributed by atoms with Gasteiger partial charge in [-0.05, 0) is 24.3 Å². The van der Waals surface area contributed by atoms with Gasteiger partial charge in [0.25, 0.3) is 5.56 Å². The molecule has 120 valence electrons. The average molecular weight is 338 g/mol. The topological polar surface area (TPSA) is 61.8 Å². The van der Waals surface area contributed by atoms with Crippen LogP contribution >= 0.6 is 11.3 Å². The van der Waals surface area contributed by atoms with Gasteiger partial charge in [0, 0.05) is 24.5 Å². The number of terminal acetylenes is 1. The molecule has 0 N–H and O–H groups in total. The Morgan fingerprint density at radius 1 is 1.29 bits per heavy atom. The molecule has 6 nitrogen and oxygen atoms in total. The molecule has 0 aliphatic carbocycles. The molecule has 0 fully saturated rings. The van der Waals surface area contributed by atoms with Crippen molar-refractivity contribution in [2.75, 3.05) is 0 Å². The summed E-state index contributed by atoms with van der Waals surface area (Å²) in [6.45, 7) is 2.13. The van der Waals surface area contributed by atoms with Crippen LogP contribution in [0.25, 0.3) is 11.2 Å². The minimum absolute atomic E-state index is 0.0747. The lowest BCUT2D eigenvalue weighted by Crippen LogP contribution is -2.40. The fraction of sp³-hybridized carbons (Fsp3) is 0.235. The predicted molar refractivity (Wildman–Crippen MR) is 94.0 cm³/mol. The Bertz CT molecular complexity index is 1130. The summed E-state index contributed by atoms with van der Waals surface area (Å²) in [7, 11) is 1.71. The third kappa shape index (κ3) is 2.45. The molecule has 0 aliphatic heterocycles. The van der Waals surface area contributed by atoms with Crippen molar-refractivity contribution in [2.24, 2.45) is 7.05 Å². The van der Waals surface area contributed by atoms with Gasteiger partial charge in [0.1, 0.15) is 0 Å².